The number of aliphatic hydroxyl groups is 1. The van der Waals surface area contributed by atoms with Crippen LogP contribution in [0.25, 0.3) is 11.3 Å². The normalized spacial score (nSPS) is 24.6. The van der Waals surface area contributed by atoms with Crippen LogP contribution in [0.15, 0.2) is 24.3 Å². The molecule has 2 aromatic rings. The Balaban J connectivity index is 1.51. The monoisotopic (exact) mass is 335 g/mol. The summed E-state index contributed by atoms with van der Waals surface area (Å²) in [4.78, 5) is 12.1. The van der Waals surface area contributed by atoms with Gasteiger partial charge in [0.2, 0.25) is 5.95 Å². The molecular formula is C21H25N3O. The van der Waals surface area contributed by atoms with Crippen molar-refractivity contribution in [3.63, 3.8) is 0 Å². The zero-order valence-electron chi connectivity index (χ0n) is 14.6. The van der Waals surface area contributed by atoms with Crippen molar-refractivity contribution in [2.45, 2.75) is 44.4 Å². The molecule has 25 heavy (non-hydrogen) atoms. The summed E-state index contributed by atoms with van der Waals surface area (Å²) in [5.74, 6) is 2.02. The number of benzene rings is 1. The van der Waals surface area contributed by atoms with E-state index in [4.69, 9.17) is 9.97 Å². The van der Waals surface area contributed by atoms with Crippen molar-refractivity contribution in [1.29, 1.82) is 0 Å². The van der Waals surface area contributed by atoms with Gasteiger partial charge in [-0.2, -0.15) is 0 Å². The van der Waals surface area contributed by atoms with E-state index in [0.29, 0.717) is 18.4 Å². The van der Waals surface area contributed by atoms with Gasteiger partial charge in [0.25, 0.3) is 0 Å². The third kappa shape index (κ3) is 2.63. The van der Waals surface area contributed by atoms with Gasteiger partial charge in [-0.1, -0.05) is 18.2 Å². The van der Waals surface area contributed by atoms with E-state index < -0.39 is 0 Å². The lowest BCUT2D eigenvalue weighted by atomic mass is 9.71. The zero-order chi connectivity index (χ0) is 16.8. The van der Waals surface area contributed by atoms with Gasteiger partial charge >= 0.3 is 0 Å². The molecule has 1 aromatic heterocycles. The summed E-state index contributed by atoms with van der Waals surface area (Å²) in [7, 11) is 0. The second kappa shape index (κ2) is 6.10. The molecule has 1 N–H and O–H groups in total. The van der Waals surface area contributed by atoms with Gasteiger partial charge in [0.15, 0.2) is 0 Å². The van der Waals surface area contributed by atoms with E-state index in [0.717, 1.165) is 50.4 Å². The molecule has 0 radical (unpaired) electrons. The standard InChI is InChI=1S/C21H25N3O/c25-13-14-10-17(11-14)15-4-1-5-16(12-15)20-18-6-2-7-19(18)22-21(23-20)24-8-3-9-24/h1,4-5,12,14,17,25H,2-3,6-11,13H2. The Morgan fingerprint density at radius 2 is 1.96 bits per heavy atom. The van der Waals surface area contributed by atoms with Crippen LogP contribution in [0.3, 0.4) is 0 Å². The molecule has 1 aliphatic heterocycles. The van der Waals surface area contributed by atoms with Crippen LogP contribution in [-0.4, -0.2) is 34.8 Å². The number of aryl methyl sites for hydroxylation is 1. The van der Waals surface area contributed by atoms with Crippen molar-refractivity contribution in [2.75, 3.05) is 24.6 Å². The molecule has 4 heteroatoms. The first kappa shape index (κ1) is 15.3. The van der Waals surface area contributed by atoms with E-state index in [2.05, 4.69) is 29.2 Å². The van der Waals surface area contributed by atoms with Gasteiger partial charge in [-0.25, -0.2) is 9.97 Å². The van der Waals surface area contributed by atoms with Crippen LogP contribution in [-0.2, 0) is 12.8 Å². The predicted molar refractivity (Wildman–Crippen MR) is 98.9 cm³/mol. The molecule has 5 rings (SSSR count). The molecule has 0 bridgehead atoms. The Hall–Kier alpha value is -1.94. The number of anilines is 1. The van der Waals surface area contributed by atoms with Gasteiger partial charge in [-0.15, -0.1) is 0 Å². The minimum absolute atomic E-state index is 0.328. The molecule has 2 aliphatic carbocycles. The average molecular weight is 335 g/mol. The zero-order valence-corrected chi connectivity index (χ0v) is 14.6. The van der Waals surface area contributed by atoms with Crippen molar-refractivity contribution < 1.29 is 5.11 Å². The summed E-state index contributed by atoms with van der Waals surface area (Å²) in [5, 5.41) is 9.28. The number of fused-ring (bicyclic) bond motifs is 1. The van der Waals surface area contributed by atoms with Gasteiger partial charge in [0.1, 0.15) is 0 Å². The van der Waals surface area contributed by atoms with Crippen LogP contribution in [0.1, 0.15) is 48.4 Å². The lowest BCUT2D eigenvalue weighted by Gasteiger charge is -2.34. The highest BCUT2D eigenvalue weighted by atomic mass is 16.3. The second-order valence-corrected chi connectivity index (χ2v) is 7.83. The lowest BCUT2D eigenvalue weighted by molar-refractivity contribution is 0.142. The highest BCUT2D eigenvalue weighted by Gasteiger charge is 2.30. The maximum Gasteiger partial charge on any atom is 0.226 e. The van der Waals surface area contributed by atoms with Crippen LogP contribution >= 0.6 is 0 Å². The largest absolute Gasteiger partial charge is 0.396 e. The van der Waals surface area contributed by atoms with Crippen molar-refractivity contribution in [2.24, 2.45) is 5.92 Å². The van der Waals surface area contributed by atoms with E-state index in [1.54, 1.807) is 0 Å². The van der Waals surface area contributed by atoms with Gasteiger partial charge in [0.05, 0.1) is 5.69 Å². The summed E-state index contributed by atoms with van der Waals surface area (Å²) in [6.45, 7) is 2.50. The second-order valence-electron chi connectivity index (χ2n) is 7.83. The first-order chi connectivity index (χ1) is 12.3. The number of aromatic nitrogens is 2. The topological polar surface area (TPSA) is 49.3 Å². The molecule has 1 saturated heterocycles. The molecule has 0 atom stereocenters. The van der Waals surface area contributed by atoms with Crippen LogP contribution in [0.4, 0.5) is 5.95 Å². The summed E-state index contributed by atoms with van der Waals surface area (Å²) in [6.07, 6.45) is 6.86. The Bertz CT molecular complexity index is 794. The predicted octanol–water partition coefficient (Wildman–Crippen LogP) is 3.33. The van der Waals surface area contributed by atoms with Crippen LogP contribution in [0.5, 0.6) is 0 Å². The molecule has 2 fully saturated rings. The van der Waals surface area contributed by atoms with E-state index >= 15 is 0 Å². The molecule has 1 saturated carbocycles. The van der Waals surface area contributed by atoms with Crippen LogP contribution < -0.4 is 4.90 Å². The van der Waals surface area contributed by atoms with Crippen molar-refractivity contribution in [1.82, 2.24) is 9.97 Å². The number of nitrogens with zero attached hydrogens (tertiary/aromatic N) is 3. The highest BCUT2D eigenvalue weighted by molar-refractivity contribution is 5.67. The Morgan fingerprint density at radius 3 is 2.72 bits per heavy atom. The third-order valence-electron chi connectivity index (χ3n) is 6.19. The van der Waals surface area contributed by atoms with E-state index in [1.165, 1.54) is 35.2 Å². The molecule has 0 amide bonds. The molecular weight excluding hydrogens is 310 g/mol. The first-order valence-electron chi connectivity index (χ1n) is 9.68. The smallest absolute Gasteiger partial charge is 0.226 e. The minimum Gasteiger partial charge on any atom is -0.396 e. The van der Waals surface area contributed by atoms with Gasteiger partial charge in [-0.3, -0.25) is 0 Å². The molecule has 2 heterocycles. The Morgan fingerprint density at radius 1 is 1.08 bits per heavy atom. The molecule has 0 spiro atoms. The first-order valence-corrected chi connectivity index (χ1v) is 9.68. The van der Waals surface area contributed by atoms with E-state index in [-0.39, 0.29) is 0 Å². The number of aliphatic hydroxyl groups excluding tert-OH is 1. The van der Waals surface area contributed by atoms with Crippen molar-refractivity contribution in [3.8, 4) is 11.3 Å². The van der Waals surface area contributed by atoms with Gasteiger partial charge in [0, 0.05) is 36.5 Å². The van der Waals surface area contributed by atoms with Crippen molar-refractivity contribution in [3.05, 3.63) is 41.1 Å². The lowest BCUT2D eigenvalue weighted by Crippen LogP contribution is -2.38. The summed E-state index contributed by atoms with van der Waals surface area (Å²) in [6, 6.07) is 8.94. The van der Waals surface area contributed by atoms with Gasteiger partial charge in [-0.05, 0) is 62.0 Å². The minimum atomic E-state index is 0.328. The maximum absolute atomic E-state index is 9.28. The van der Waals surface area contributed by atoms with Crippen LogP contribution in [0, 0.1) is 5.92 Å². The SMILES string of the molecule is OCC1CC(c2cccc(-c3nc(N4CCC4)nc4c3CCC4)c2)C1. The number of hydrogen-bond donors (Lipinski definition) is 1. The highest BCUT2D eigenvalue weighted by Crippen LogP contribution is 2.42. The third-order valence-corrected chi connectivity index (χ3v) is 6.19. The fraction of sp³-hybridized carbons (Fsp3) is 0.524. The maximum atomic E-state index is 9.28. The van der Waals surface area contributed by atoms with Crippen molar-refractivity contribution >= 4 is 5.95 Å². The Kier molecular flexibility index (Phi) is 3.74. The quantitative estimate of drug-likeness (QED) is 0.931. The molecule has 0 unspecified atom stereocenters. The summed E-state index contributed by atoms with van der Waals surface area (Å²) < 4.78 is 0. The molecule has 4 nitrogen and oxygen atoms in total. The number of hydrogen-bond acceptors (Lipinski definition) is 4. The summed E-state index contributed by atoms with van der Waals surface area (Å²) in [5.41, 5.74) is 6.43. The van der Waals surface area contributed by atoms with E-state index in [9.17, 15) is 5.11 Å². The van der Waals surface area contributed by atoms with Crippen LogP contribution in [0.2, 0.25) is 0 Å². The molecule has 130 valence electrons. The van der Waals surface area contributed by atoms with Gasteiger partial charge < -0.3 is 10.0 Å². The fourth-order valence-electron chi connectivity index (χ4n) is 4.41. The fourth-order valence-corrected chi connectivity index (χ4v) is 4.41. The molecule has 1 aromatic carbocycles. The molecule has 3 aliphatic rings. The summed E-state index contributed by atoms with van der Waals surface area (Å²) >= 11 is 0. The number of rotatable bonds is 4. The average Bonchev–Trinajstić information content (AvgIpc) is 3.00. The van der Waals surface area contributed by atoms with E-state index in [1.807, 2.05) is 0 Å². The Labute approximate surface area is 148 Å².